The number of rotatable bonds is 3. The predicted molar refractivity (Wildman–Crippen MR) is 70.1 cm³/mol. The molecule has 1 N–H and O–H groups in total. The Kier molecular flexibility index (Phi) is 3.38. The van der Waals surface area contributed by atoms with Crippen molar-refractivity contribution in [3.05, 3.63) is 23.9 Å². The highest BCUT2D eigenvalue weighted by molar-refractivity contribution is 5.38. The molecule has 1 fully saturated rings. The normalized spacial score (nSPS) is 28.4. The van der Waals surface area contributed by atoms with Gasteiger partial charge >= 0.3 is 0 Å². The van der Waals surface area contributed by atoms with Gasteiger partial charge in [0.05, 0.1) is 5.60 Å². The van der Waals surface area contributed by atoms with Gasteiger partial charge in [-0.05, 0) is 31.2 Å². The van der Waals surface area contributed by atoms with Crippen LogP contribution in [0.5, 0.6) is 0 Å². The first-order chi connectivity index (χ1) is 8.08. The first kappa shape index (κ1) is 12.4. The lowest BCUT2D eigenvalue weighted by molar-refractivity contribution is -0.00415. The fourth-order valence-electron chi connectivity index (χ4n) is 2.89. The van der Waals surface area contributed by atoms with Gasteiger partial charge < -0.3 is 10.0 Å². The molecule has 2 rings (SSSR count). The SMILES string of the molecule is CCC1CCCC1(O)c1ccc(N(C)C)nc1. The van der Waals surface area contributed by atoms with E-state index in [-0.39, 0.29) is 0 Å². The Morgan fingerprint density at radius 2 is 2.24 bits per heavy atom. The van der Waals surface area contributed by atoms with Crippen LogP contribution in [0.2, 0.25) is 0 Å². The summed E-state index contributed by atoms with van der Waals surface area (Å²) >= 11 is 0. The maximum absolute atomic E-state index is 10.8. The van der Waals surface area contributed by atoms with Crippen LogP contribution in [0.1, 0.15) is 38.2 Å². The zero-order valence-corrected chi connectivity index (χ0v) is 11.0. The van der Waals surface area contributed by atoms with E-state index in [1.54, 1.807) is 0 Å². The molecule has 94 valence electrons. The number of hydrogen-bond donors (Lipinski definition) is 1. The summed E-state index contributed by atoms with van der Waals surface area (Å²) in [5.41, 5.74) is 0.333. The third-order valence-corrected chi connectivity index (χ3v) is 3.98. The average Bonchev–Trinajstić information content (AvgIpc) is 2.72. The van der Waals surface area contributed by atoms with Gasteiger partial charge in [-0.25, -0.2) is 4.98 Å². The molecule has 1 aromatic heterocycles. The summed E-state index contributed by atoms with van der Waals surface area (Å²) in [6, 6.07) is 4.01. The summed E-state index contributed by atoms with van der Waals surface area (Å²) in [4.78, 5) is 6.37. The van der Waals surface area contributed by atoms with Crippen LogP contribution in [0, 0.1) is 5.92 Å². The largest absolute Gasteiger partial charge is 0.385 e. The second-order valence-corrected chi connectivity index (χ2v) is 5.22. The van der Waals surface area contributed by atoms with E-state index in [4.69, 9.17) is 0 Å². The molecular formula is C14H22N2O. The number of nitrogens with zero attached hydrogens (tertiary/aromatic N) is 2. The van der Waals surface area contributed by atoms with Crippen LogP contribution in [-0.2, 0) is 5.60 Å². The lowest BCUT2D eigenvalue weighted by Gasteiger charge is -2.30. The van der Waals surface area contributed by atoms with Crippen molar-refractivity contribution < 1.29 is 5.11 Å². The summed E-state index contributed by atoms with van der Waals surface area (Å²) in [6.45, 7) is 2.16. The van der Waals surface area contributed by atoms with Gasteiger partial charge in [-0.15, -0.1) is 0 Å². The molecule has 0 aliphatic heterocycles. The van der Waals surface area contributed by atoms with Crippen molar-refractivity contribution in [1.29, 1.82) is 0 Å². The van der Waals surface area contributed by atoms with Crippen molar-refractivity contribution in [2.75, 3.05) is 19.0 Å². The van der Waals surface area contributed by atoms with Crippen LogP contribution < -0.4 is 4.90 Å². The van der Waals surface area contributed by atoms with Crippen molar-refractivity contribution in [1.82, 2.24) is 4.98 Å². The zero-order chi connectivity index (χ0) is 12.5. The molecule has 0 aromatic carbocycles. The average molecular weight is 234 g/mol. The van der Waals surface area contributed by atoms with Gasteiger partial charge in [-0.2, -0.15) is 0 Å². The van der Waals surface area contributed by atoms with Gasteiger partial charge in [0.15, 0.2) is 0 Å². The van der Waals surface area contributed by atoms with Crippen LogP contribution in [0.4, 0.5) is 5.82 Å². The first-order valence-electron chi connectivity index (χ1n) is 6.44. The standard InChI is InChI=1S/C14H22N2O/c1-4-11-6-5-9-14(11,17)12-7-8-13(15-10-12)16(2)3/h7-8,10-11,17H,4-6,9H2,1-3H3. The third kappa shape index (κ3) is 2.16. The van der Waals surface area contributed by atoms with Gasteiger partial charge in [0.1, 0.15) is 5.82 Å². The summed E-state index contributed by atoms with van der Waals surface area (Å²) in [6.07, 6.45) is 5.98. The number of aliphatic hydroxyl groups is 1. The van der Waals surface area contributed by atoms with Crippen LogP contribution >= 0.6 is 0 Å². The summed E-state index contributed by atoms with van der Waals surface area (Å²) in [7, 11) is 3.95. The van der Waals surface area contributed by atoms with Crippen molar-refractivity contribution in [2.24, 2.45) is 5.92 Å². The number of aromatic nitrogens is 1. The second kappa shape index (κ2) is 4.65. The monoisotopic (exact) mass is 234 g/mol. The fraction of sp³-hybridized carbons (Fsp3) is 0.643. The molecular weight excluding hydrogens is 212 g/mol. The molecule has 0 saturated heterocycles. The molecule has 0 bridgehead atoms. The minimum Gasteiger partial charge on any atom is -0.385 e. The van der Waals surface area contributed by atoms with Gasteiger partial charge in [-0.1, -0.05) is 19.4 Å². The van der Waals surface area contributed by atoms with E-state index < -0.39 is 5.60 Å². The smallest absolute Gasteiger partial charge is 0.127 e. The maximum atomic E-state index is 10.8. The van der Waals surface area contributed by atoms with Crippen LogP contribution in [-0.4, -0.2) is 24.2 Å². The van der Waals surface area contributed by atoms with E-state index in [1.165, 1.54) is 0 Å². The van der Waals surface area contributed by atoms with E-state index in [9.17, 15) is 5.11 Å². The molecule has 3 heteroatoms. The Bertz CT molecular complexity index is 374. The highest BCUT2D eigenvalue weighted by atomic mass is 16.3. The Morgan fingerprint density at radius 1 is 1.47 bits per heavy atom. The zero-order valence-electron chi connectivity index (χ0n) is 11.0. The van der Waals surface area contributed by atoms with Gasteiger partial charge in [0, 0.05) is 25.9 Å². The molecule has 1 aromatic rings. The molecule has 0 radical (unpaired) electrons. The van der Waals surface area contributed by atoms with Crippen molar-refractivity contribution >= 4 is 5.82 Å². The molecule has 2 atom stereocenters. The van der Waals surface area contributed by atoms with Crippen LogP contribution in [0.15, 0.2) is 18.3 Å². The lowest BCUT2D eigenvalue weighted by Crippen LogP contribution is -2.30. The van der Waals surface area contributed by atoms with Crippen molar-refractivity contribution in [2.45, 2.75) is 38.2 Å². The number of pyridine rings is 1. The second-order valence-electron chi connectivity index (χ2n) is 5.22. The van der Waals surface area contributed by atoms with Crippen molar-refractivity contribution in [3.63, 3.8) is 0 Å². The van der Waals surface area contributed by atoms with Crippen LogP contribution in [0.3, 0.4) is 0 Å². The number of anilines is 1. The van der Waals surface area contributed by atoms with Gasteiger partial charge in [-0.3, -0.25) is 0 Å². The van der Waals surface area contributed by atoms with E-state index in [1.807, 2.05) is 37.3 Å². The molecule has 17 heavy (non-hydrogen) atoms. The fourth-order valence-corrected chi connectivity index (χ4v) is 2.89. The molecule has 1 aliphatic rings. The van der Waals surface area contributed by atoms with E-state index >= 15 is 0 Å². The van der Waals surface area contributed by atoms with Crippen LogP contribution in [0.25, 0.3) is 0 Å². The molecule has 1 saturated carbocycles. The minimum absolute atomic E-state index is 0.384. The summed E-state index contributed by atoms with van der Waals surface area (Å²) < 4.78 is 0. The first-order valence-corrected chi connectivity index (χ1v) is 6.44. The lowest BCUT2D eigenvalue weighted by atomic mass is 9.83. The Labute approximate surface area is 103 Å². The van der Waals surface area contributed by atoms with Gasteiger partial charge in [0.25, 0.3) is 0 Å². The minimum atomic E-state index is -0.646. The summed E-state index contributed by atoms with van der Waals surface area (Å²) in [5, 5.41) is 10.8. The predicted octanol–water partition coefficient (Wildman–Crippen LogP) is 2.55. The molecule has 1 heterocycles. The molecule has 1 aliphatic carbocycles. The quantitative estimate of drug-likeness (QED) is 0.873. The van der Waals surface area contributed by atoms with E-state index in [0.717, 1.165) is 37.1 Å². The van der Waals surface area contributed by atoms with Crippen molar-refractivity contribution in [3.8, 4) is 0 Å². The number of hydrogen-bond acceptors (Lipinski definition) is 3. The molecule has 3 nitrogen and oxygen atoms in total. The van der Waals surface area contributed by atoms with E-state index in [2.05, 4.69) is 11.9 Å². The Hall–Kier alpha value is -1.09. The topological polar surface area (TPSA) is 36.4 Å². The molecule has 0 spiro atoms. The van der Waals surface area contributed by atoms with E-state index in [0.29, 0.717) is 5.92 Å². The van der Waals surface area contributed by atoms with Gasteiger partial charge in [0.2, 0.25) is 0 Å². The maximum Gasteiger partial charge on any atom is 0.127 e. The highest BCUT2D eigenvalue weighted by Gasteiger charge is 2.41. The molecule has 2 unspecified atom stereocenters. The summed E-state index contributed by atoms with van der Waals surface area (Å²) in [5.74, 6) is 1.32. The third-order valence-electron chi connectivity index (χ3n) is 3.98. The Balaban J connectivity index is 2.27. The molecule has 0 amide bonds. The Morgan fingerprint density at radius 3 is 2.76 bits per heavy atom. The highest BCUT2D eigenvalue weighted by Crippen LogP contribution is 2.44.